The topological polar surface area (TPSA) is 40.5 Å². The molecule has 1 aliphatic carbocycles. The van der Waals surface area contributed by atoms with Gasteiger partial charge in [-0.1, -0.05) is 38.1 Å². The van der Waals surface area contributed by atoms with Crippen molar-refractivity contribution in [3.05, 3.63) is 35.4 Å². The van der Waals surface area contributed by atoms with Gasteiger partial charge in [-0.15, -0.1) is 0 Å². The maximum absolute atomic E-state index is 10.9. The van der Waals surface area contributed by atoms with Gasteiger partial charge in [0.05, 0.1) is 5.92 Å². The van der Waals surface area contributed by atoms with E-state index in [1.807, 2.05) is 0 Å². The Morgan fingerprint density at radius 1 is 1.47 bits per heavy atom. The molecule has 1 aromatic rings. The Labute approximate surface area is 115 Å². The first kappa shape index (κ1) is 14.1. The first-order valence-electron chi connectivity index (χ1n) is 7.14. The van der Waals surface area contributed by atoms with Gasteiger partial charge in [-0.2, -0.15) is 0 Å². The first-order chi connectivity index (χ1) is 9.10. The van der Waals surface area contributed by atoms with E-state index in [-0.39, 0.29) is 5.92 Å². The summed E-state index contributed by atoms with van der Waals surface area (Å²) in [5, 5.41) is 8.99. The second kappa shape index (κ2) is 6.20. The molecule has 0 heterocycles. The maximum Gasteiger partial charge on any atom is 0.307 e. The van der Waals surface area contributed by atoms with E-state index in [0.717, 1.165) is 19.0 Å². The summed E-state index contributed by atoms with van der Waals surface area (Å²) in [5.74, 6) is -0.260. The Morgan fingerprint density at radius 2 is 2.21 bits per heavy atom. The summed E-state index contributed by atoms with van der Waals surface area (Å²) in [4.78, 5) is 13.1. The Balaban J connectivity index is 1.97. The van der Waals surface area contributed by atoms with Gasteiger partial charge in [-0.25, -0.2) is 0 Å². The van der Waals surface area contributed by atoms with Crippen LogP contribution in [0.3, 0.4) is 0 Å². The SMILES string of the molecule is CCN(Cc1cccc(C2CC2)c1)CC(C)C(=O)O. The van der Waals surface area contributed by atoms with Crippen LogP contribution in [-0.2, 0) is 11.3 Å². The number of carbonyl (C=O) groups is 1. The Morgan fingerprint density at radius 3 is 2.79 bits per heavy atom. The molecule has 3 nitrogen and oxygen atoms in total. The molecule has 1 atom stereocenters. The predicted octanol–water partition coefficient (Wildman–Crippen LogP) is 3.11. The highest BCUT2D eigenvalue weighted by Crippen LogP contribution is 2.40. The van der Waals surface area contributed by atoms with Crippen molar-refractivity contribution < 1.29 is 9.90 Å². The van der Waals surface area contributed by atoms with Crippen molar-refractivity contribution in [3.8, 4) is 0 Å². The smallest absolute Gasteiger partial charge is 0.307 e. The fourth-order valence-electron chi connectivity index (χ4n) is 2.39. The molecule has 1 saturated carbocycles. The number of rotatable bonds is 7. The molecule has 104 valence electrons. The molecule has 1 unspecified atom stereocenters. The van der Waals surface area contributed by atoms with E-state index in [2.05, 4.69) is 36.1 Å². The van der Waals surface area contributed by atoms with Crippen molar-refractivity contribution in [3.63, 3.8) is 0 Å². The van der Waals surface area contributed by atoms with Gasteiger partial charge < -0.3 is 5.11 Å². The predicted molar refractivity (Wildman–Crippen MR) is 76.2 cm³/mol. The number of benzene rings is 1. The fraction of sp³-hybridized carbons (Fsp3) is 0.562. The molecule has 0 saturated heterocycles. The number of carboxylic acids is 1. The van der Waals surface area contributed by atoms with Crippen molar-refractivity contribution in [2.75, 3.05) is 13.1 Å². The fourth-order valence-corrected chi connectivity index (χ4v) is 2.39. The highest BCUT2D eigenvalue weighted by Gasteiger charge is 2.23. The third-order valence-electron chi connectivity index (χ3n) is 3.81. The van der Waals surface area contributed by atoms with E-state index in [1.165, 1.54) is 24.0 Å². The van der Waals surface area contributed by atoms with Gasteiger partial charge in [0.25, 0.3) is 0 Å². The standard InChI is InChI=1S/C16H23NO2/c1-3-17(10-12(2)16(18)19)11-13-5-4-6-15(9-13)14-7-8-14/h4-6,9,12,14H,3,7-8,10-11H2,1-2H3,(H,18,19). The third-order valence-corrected chi connectivity index (χ3v) is 3.81. The van der Waals surface area contributed by atoms with Crippen LogP contribution in [-0.4, -0.2) is 29.1 Å². The lowest BCUT2D eigenvalue weighted by molar-refractivity contribution is -0.141. The lowest BCUT2D eigenvalue weighted by Gasteiger charge is -2.22. The average molecular weight is 261 g/mol. The number of hydrogen-bond donors (Lipinski definition) is 1. The van der Waals surface area contributed by atoms with Gasteiger partial charge >= 0.3 is 5.97 Å². The van der Waals surface area contributed by atoms with Gasteiger partial charge in [-0.05, 0) is 36.4 Å². The summed E-state index contributed by atoms with van der Waals surface area (Å²) in [7, 11) is 0. The van der Waals surface area contributed by atoms with Crippen molar-refractivity contribution >= 4 is 5.97 Å². The lowest BCUT2D eigenvalue weighted by Crippen LogP contribution is -2.31. The number of nitrogens with zero attached hydrogens (tertiary/aromatic N) is 1. The minimum absolute atomic E-state index is 0.313. The zero-order valence-corrected chi connectivity index (χ0v) is 11.8. The van der Waals surface area contributed by atoms with Crippen LogP contribution in [0.4, 0.5) is 0 Å². The molecule has 3 heteroatoms. The highest BCUT2D eigenvalue weighted by atomic mass is 16.4. The monoisotopic (exact) mass is 261 g/mol. The minimum atomic E-state index is -0.717. The van der Waals surface area contributed by atoms with Crippen LogP contribution >= 0.6 is 0 Å². The molecule has 1 fully saturated rings. The molecule has 1 N–H and O–H groups in total. The molecular formula is C16H23NO2. The average Bonchev–Trinajstić information content (AvgIpc) is 3.22. The van der Waals surface area contributed by atoms with E-state index < -0.39 is 5.97 Å². The van der Waals surface area contributed by atoms with Gasteiger partial charge in [0.1, 0.15) is 0 Å². The van der Waals surface area contributed by atoms with Gasteiger partial charge in [0.15, 0.2) is 0 Å². The minimum Gasteiger partial charge on any atom is -0.481 e. The summed E-state index contributed by atoms with van der Waals surface area (Å²) in [6.45, 7) is 6.18. The van der Waals surface area contributed by atoms with Crippen molar-refractivity contribution in [1.82, 2.24) is 4.90 Å². The van der Waals surface area contributed by atoms with Crippen LogP contribution in [0.25, 0.3) is 0 Å². The zero-order chi connectivity index (χ0) is 13.8. The second-order valence-corrected chi connectivity index (χ2v) is 5.59. The molecule has 1 aliphatic rings. The number of hydrogen-bond acceptors (Lipinski definition) is 2. The normalized spacial score (nSPS) is 16.6. The first-order valence-corrected chi connectivity index (χ1v) is 7.14. The molecule has 0 spiro atoms. The van der Waals surface area contributed by atoms with Gasteiger partial charge in [0.2, 0.25) is 0 Å². The van der Waals surface area contributed by atoms with E-state index in [9.17, 15) is 4.79 Å². The van der Waals surface area contributed by atoms with Crippen molar-refractivity contribution in [2.45, 2.75) is 39.2 Å². The van der Waals surface area contributed by atoms with Crippen LogP contribution < -0.4 is 0 Å². The van der Waals surface area contributed by atoms with Crippen LogP contribution in [0, 0.1) is 5.92 Å². The summed E-state index contributed by atoms with van der Waals surface area (Å²) in [6.07, 6.45) is 2.63. The largest absolute Gasteiger partial charge is 0.481 e. The molecule has 0 bridgehead atoms. The Bertz CT molecular complexity index is 440. The van der Waals surface area contributed by atoms with Crippen LogP contribution in [0.5, 0.6) is 0 Å². The van der Waals surface area contributed by atoms with Gasteiger partial charge in [0, 0.05) is 13.1 Å². The molecule has 1 aromatic carbocycles. The van der Waals surface area contributed by atoms with Crippen molar-refractivity contribution in [2.24, 2.45) is 5.92 Å². The number of aliphatic carboxylic acids is 1. The Kier molecular flexibility index (Phi) is 4.59. The van der Waals surface area contributed by atoms with E-state index in [0.29, 0.717) is 6.54 Å². The van der Waals surface area contributed by atoms with Gasteiger partial charge in [-0.3, -0.25) is 9.69 Å². The molecule has 0 amide bonds. The number of carboxylic acid groups (broad SMARTS) is 1. The molecule has 19 heavy (non-hydrogen) atoms. The summed E-state index contributed by atoms with van der Waals surface area (Å²) >= 11 is 0. The van der Waals surface area contributed by atoms with Crippen LogP contribution in [0.2, 0.25) is 0 Å². The Hall–Kier alpha value is -1.35. The zero-order valence-electron chi connectivity index (χ0n) is 11.8. The van der Waals surface area contributed by atoms with E-state index >= 15 is 0 Å². The quantitative estimate of drug-likeness (QED) is 0.820. The molecule has 0 aliphatic heterocycles. The summed E-state index contributed by atoms with van der Waals surface area (Å²) in [6, 6.07) is 8.75. The lowest BCUT2D eigenvalue weighted by atomic mass is 10.1. The van der Waals surface area contributed by atoms with Crippen molar-refractivity contribution in [1.29, 1.82) is 0 Å². The maximum atomic E-state index is 10.9. The van der Waals surface area contributed by atoms with Crippen LogP contribution in [0.15, 0.2) is 24.3 Å². The third kappa shape index (κ3) is 4.06. The second-order valence-electron chi connectivity index (χ2n) is 5.59. The molecule has 2 rings (SSSR count). The highest BCUT2D eigenvalue weighted by molar-refractivity contribution is 5.69. The summed E-state index contributed by atoms with van der Waals surface area (Å²) < 4.78 is 0. The van der Waals surface area contributed by atoms with E-state index in [1.54, 1.807) is 6.92 Å². The summed E-state index contributed by atoms with van der Waals surface area (Å²) in [5.41, 5.74) is 2.74. The van der Waals surface area contributed by atoms with E-state index in [4.69, 9.17) is 5.11 Å². The molecule has 0 radical (unpaired) electrons. The van der Waals surface area contributed by atoms with Crippen LogP contribution in [0.1, 0.15) is 43.7 Å². The molecular weight excluding hydrogens is 238 g/mol. The molecule has 0 aromatic heterocycles.